The molecule has 0 aliphatic carbocycles. The Morgan fingerprint density at radius 3 is 1.14 bits per heavy atom. The smallest absolute Gasteiger partial charge is 0.192 e. The van der Waals surface area contributed by atoms with Crippen LogP contribution in [-0.4, -0.2) is 54.5 Å². The summed E-state index contributed by atoms with van der Waals surface area (Å²) < 4.78 is 21.7. The van der Waals surface area contributed by atoms with E-state index in [1.165, 1.54) is 83.5 Å². The van der Waals surface area contributed by atoms with Crippen LogP contribution in [0.5, 0.6) is 0 Å². The molecule has 0 aromatic rings. The Labute approximate surface area is 318 Å². The van der Waals surface area contributed by atoms with Crippen molar-refractivity contribution in [3.8, 4) is 0 Å². The van der Waals surface area contributed by atoms with Gasteiger partial charge in [-0.3, -0.25) is 0 Å². The highest BCUT2D eigenvalue weighted by atomic mass is 28.4. The first-order chi connectivity index (χ1) is 22.8. The Morgan fingerprint density at radius 2 is 0.800 bits per heavy atom. The van der Waals surface area contributed by atoms with Crippen LogP contribution in [0.25, 0.3) is 0 Å². The number of aliphatic hydroxyl groups excluding tert-OH is 1. The molecule has 50 heavy (non-hydrogen) atoms. The summed E-state index contributed by atoms with van der Waals surface area (Å²) in [6, 6.07) is 0. The molecule has 0 saturated heterocycles. The van der Waals surface area contributed by atoms with E-state index in [1.807, 2.05) is 6.08 Å². The van der Waals surface area contributed by atoms with Gasteiger partial charge >= 0.3 is 0 Å². The largest absolute Gasteiger partial charge is 0.414 e. The van der Waals surface area contributed by atoms with E-state index in [4.69, 9.17) is 13.3 Å². The number of hydrogen-bond donors (Lipinski definition) is 1. The van der Waals surface area contributed by atoms with E-state index in [9.17, 15) is 5.11 Å². The number of unbranched alkanes of at least 4 members (excludes halogenated alkanes) is 12. The second-order valence-electron chi connectivity index (χ2n) is 20.4. The molecular weight excluding hydrogens is 665 g/mol. The van der Waals surface area contributed by atoms with Gasteiger partial charge in [-0.2, -0.15) is 0 Å². The molecule has 0 fully saturated rings. The fraction of sp³-hybridized carbons (Fsp3) is 0.953. The van der Waals surface area contributed by atoms with Crippen molar-refractivity contribution in [2.45, 2.75) is 264 Å². The lowest BCUT2D eigenvalue weighted by molar-refractivity contribution is 0.0290. The molecule has 0 heterocycles. The minimum Gasteiger partial charge on any atom is -0.414 e. The third kappa shape index (κ3) is 20.6. The summed E-state index contributed by atoms with van der Waals surface area (Å²) in [7, 11) is -6.16. The van der Waals surface area contributed by atoms with Crippen LogP contribution in [0.4, 0.5) is 0 Å². The topological polar surface area (TPSA) is 47.9 Å². The van der Waals surface area contributed by atoms with Crippen LogP contribution < -0.4 is 0 Å². The molecule has 0 radical (unpaired) electrons. The molecule has 4 nitrogen and oxygen atoms in total. The number of hydrogen-bond acceptors (Lipinski definition) is 4. The van der Waals surface area contributed by atoms with Crippen molar-refractivity contribution in [1.29, 1.82) is 0 Å². The van der Waals surface area contributed by atoms with Crippen LogP contribution in [0.1, 0.15) is 185 Å². The molecule has 7 heteroatoms. The highest BCUT2D eigenvalue weighted by Gasteiger charge is 2.44. The van der Waals surface area contributed by atoms with Crippen molar-refractivity contribution >= 4 is 25.0 Å². The van der Waals surface area contributed by atoms with E-state index in [1.54, 1.807) is 0 Å². The molecule has 0 amide bonds. The summed E-state index contributed by atoms with van der Waals surface area (Å²) in [4.78, 5) is 0. The van der Waals surface area contributed by atoms with Gasteiger partial charge in [0.2, 0.25) is 0 Å². The zero-order chi connectivity index (χ0) is 38.9. The highest BCUT2D eigenvalue weighted by Crippen LogP contribution is 2.42. The molecule has 0 aliphatic heterocycles. The van der Waals surface area contributed by atoms with Crippen molar-refractivity contribution in [2.75, 3.05) is 0 Å². The molecule has 0 saturated carbocycles. The quantitative estimate of drug-likeness (QED) is 0.0491. The van der Waals surface area contributed by atoms with Gasteiger partial charge < -0.3 is 18.4 Å². The first kappa shape index (κ1) is 50.2. The second kappa shape index (κ2) is 23.2. The summed E-state index contributed by atoms with van der Waals surface area (Å²) >= 11 is 0. The third-order valence-corrected chi connectivity index (χ3v) is 26.1. The van der Waals surface area contributed by atoms with E-state index in [-0.39, 0.29) is 33.4 Å². The molecule has 0 bridgehead atoms. The Morgan fingerprint density at radius 1 is 0.500 bits per heavy atom. The fourth-order valence-electron chi connectivity index (χ4n) is 5.96. The van der Waals surface area contributed by atoms with Gasteiger partial charge in [0, 0.05) is 18.3 Å². The summed E-state index contributed by atoms with van der Waals surface area (Å²) in [6.07, 6.45) is 23.3. The Bertz CT molecular complexity index is 882. The zero-order valence-electron chi connectivity index (χ0n) is 37.0. The second-order valence-corrected chi connectivity index (χ2v) is 34.7. The Balaban J connectivity index is 5.93. The van der Waals surface area contributed by atoms with Gasteiger partial charge in [-0.1, -0.05) is 159 Å². The van der Waals surface area contributed by atoms with E-state index in [0.29, 0.717) is 12.8 Å². The zero-order valence-corrected chi connectivity index (χ0v) is 40.0. The predicted molar refractivity (Wildman–Crippen MR) is 231 cm³/mol. The van der Waals surface area contributed by atoms with E-state index >= 15 is 0 Å². The summed E-state index contributed by atoms with van der Waals surface area (Å²) in [5, 5.41) is 11.4. The normalized spacial score (nSPS) is 16.3. The molecule has 300 valence electrons. The first-order valence-corrected chi connectivity index (χ1v) is 29.8. The lowest BCUT2D eigenvalue weighted by atomic mass is 9.98. The fourth-order valence-corrected chi connectivity index (χ4v) is 10.1. The van der Waals surface area contributed by atoms with Crippen LogP contribution in [0, 0.1) is 0 Å². The number of rotatable bonds is 28. The molecular formula is C43H92O4Si3. The third-order valence-electron chi connectivity index (χ3n) is 12.5. The van der Waals surface area contributed by atoms with Gasteiger partial charge in [0.1, 0.15) is 0 Å². The average molecular weight is 757 g/mol. The first-order valence-electron chi connectivity index (χ1n) is 21.1. The highest BCUT2D eigenvalue weighted by molar-refractivity contribution is 6.75. The summed E-state index contributed by atoms with van der Waals surface area (Å²) in [5.41, 5.74) is 0. The maximum absolute atomic E-state index is 11.0. The molecule has 1 N–H and O–H groups in total. The Hall–Kier alpha value is 0.231. The van der Waals surface area contributed by atoms with Gasteiger partial charge in [0.05, 0.1) is 6.10 Å². The van der Waals surface area contributed by atoms with Crippen molar-refractivity contribution in [3.63, 3.8) is 0 Å². The lowest BCUT2D eigenvalue weighted by Crippen LogP contribution is -2.49. The maximum Gasteiger partial charge on any atom is 0.192 e. The van der Waals surface area contributed by atoms with Crippen LogP contribution in [-0.2, 0) is 13.3 Å². The van der Waals surface area contributed by atoms with Crippen molar-refractivity contribution in [1.82, 2.24) is 0 Å². The SMILES string of the molecule is C=CC[C@@H](O)C[C@@H](C[C@H](C[C@H](CCCCCCCCCCCCCCC)O[Si](C)(C)C(C)(C)C)O[Si](C)(C)C(C)(C)C)O[Si](C)(C)C(C)(C)C. The monoisotopic (exact) mass is 757 g/mol. The minimum atomic E-state index is -2.09. The number of aliphatic hydroxyl groups is 1. The van der Waals surface area contributed by atoms with E-state index < -0.39 is 31.1 Å². The molecule has 4 atom stereocenters. The Kier molecular flexibility index (Phi) is 23.3. The van der Waals surface area contributed by atoms with Crippen LogP contribution in [0.3, 0.4) is 0 Å². The lowest BCUT2D eigenvalue weighted by Gasteiger charge is -2.44. The molecule has 0 unspecified atom stereocenters. The average Bonchev–Trinajstić information content (AvgIpc) is 2.93. The molecule has 0 spiro atoms. The predicted octanol–water partition coefficient (Wildman–Crippen LogP) is 14.7. The molecule has 0 aromatic heterocycles. The maximum atomic E-state index is 11.0. The summed E-state index contributed by atoms with van der Waals surface area (Å²) in [6.45, 7) is 41.4. The minimum absolute atomic E-state index is 0.0262. The molecule has 0 aliphatic rings. The van der Waals surface area contributed by atoms with Crippen LogP contribution in [0.2, 0.25) is 54.4 Å². The van der Waals surface area contributed by atoms with E-state index in [0.717, 1.165) is 19.3 Å². The van der Waals surface area contributed by atoms with Crippen molar-refractivity contribution < 1.29 is 18.4 Å². The van der Waals surface area contributed by atoms with Crippen LogP contribution >= 0.6 is 0 Å². The summed E-state index contributed by atoms with van der Waals surface area (Å²) in [5.74, 6) is 0. The van der Waals surface area contributed by atoms with Gasteiger partial charge in [0.15, 0.2) is 25.0 Å². The van der Waals surface area contributed by atoms with Gasteiger partial charge in [-0.05, 0) is 86.5 Å². The molecule has 0 rings (SSSR count). The van der Waals surface area contributed by atoms with Crippen molar-refractivity contribution in [3.05, 3.63) is 12.7 Å². The molecule has 0 aromatic carbocycles. The van der Waals surface area contributed by atoms with Crippen molar-refractivity contribution in [2.24, 2.45) is 0 Å². The van der Waals surface area contributed by atoms with Gasteiger partial charge in [-0.25, -0.2) is 0 Å². The van der Waals surface area contributed by atoms with Gasteiger partial charge in [0.25, 0.3) is 0 Å². The van der Waals surface area contributed by atoms with Gasteiger partial charge in [-0.15, -0.1) is 6.58 Å². The standard InChI is InChI=1S/C43H92O4Si3/c1-18-20-21-22-23-24-25-26-27-28-29-30-31-33-38(45-48(12,13)41(3,4)5)35-40(47-50(16,17)43(9,10)11)36-39(34-37(44)32-19-2)46-49(14,15)42(6,7)8/h19,37-40,44H,2,18,20-36H2,1,3-17H3/t37-,38+,39+,40+/m1/s1. The van der Waals surface area contributed by atoms with E-state index in [2.05, 4.69) is 115 Å². The van der Waals surface area contributed by atoms with Crippen LogP contribution in [0.15, 0.2) is 12.7 Å².